The van der Waals surface area contributed by atoms with E-state index in [1.54, 1.807) is 6.07 Å². The van der Waals surface area contributed by atoms with Gasteiger partial charge in [0.15, 0.2) is 5.78 Å². The van der Waals surface area contributed by atoms with Gasteiger partial charge in [0.2, 0.25) is 0 Å². The summed E-state index contributed by atoms with van der Waals surface area (Å²) in [6, 6.07) is 17.1. The number of hydrogen-bond donors (Lipinski definition) is 1. The minimum Gasteiger partial charge on any atom is -0.494 e. The fraction of sp³-hybridized carbons (Fsp3) is 0.150. The van der Waals surface area contributed by atoms with E-state index in [9.17, 15) is 4.79 Å². The van der Waals surface area contributed by atoms with Crippen LogP contribution in [-0.4, -0.2) is 12.4 Å². The number of ketones is 1. The standard InChI is InChI=1S/C20H19NO2/c1-3-23-17-8-7-14-5-6-15(11-16(14)12-17)20(22)18-9-4-13(2)10-19(18)21/h4-12H,3,21H2,1-2H3. The lowest BCUT2D eigenvalue weighted by molar-refractivity contribution is 0.103. The Morgan fingerprint density at radius 3 is 2.52 bits per heavy atom. The zero-order valence-electron chi connectivity index (χ0n) is 13.3. The maximum absolute atomic E-state index is 12.7. The second-order valence-electron chi connectivity index (χ2n) is 5.58. The third-order valence-corrected chi connectivity index (χ3v) is 3.84. The summed E-state index contributed by atoms with van der Waals surface area (Å²) in [5.41, 5.74) is 8.71. The topological polar surface area (TPSA) is 52.3 Å². The summed E-state index contributed by atoms with van der Waals surface area (Å²) < 4.78 is 5.53. The lowest BCUT2D eigenvalue weighted by Gasteiger charge is -2.08. The summed E-state index contributed by atoms with van der Waals surface area (Å²) in [5, 5.41) is 2.05. The first-order valence-electron chi connectivity index (χ1n) is 7.66. The van der Waals surface area contributed by atoms with Crippen LogP contribution in [-0.2, 0) is 0 Å². The zero-order valence-corrected chi connectivity index (χ0v) is 13.3. The molecule has 0 radical (unpaired) electrons. The maximum Gasteiger partial charge on any atom is 0.195 e. The van der Waals surface area contributed by atoms with E-state index in [4.69, 9.17) is 10.5 Å². The summed E-state index contributed by atoms with van der Waals surface area (Å²) in [6.07, 6.45) is 0. The van der Waals surface area contributed by atoms with Crippen molar-refractivity contribution in [2.45, 2.75) is 13.8 Å². The molecule has 0 heterocycles. The monoisotopic (exact) mass is 305 g/mol. The van der Waals surface area contributed by atoms with Gasteiger partial charge < -0.3 is 10.5 Å². The molecule has 0 atom stereocenters. The summed E-state index contributed by atoms with van der Waals surface area (Å²) in [4.78, 5) is 12.7. The van der Waals surface area contributed by atoms with Gasteiger partial charge in [-0.25, -0.2) is 0 Å². The summed E-state index contributed by atoms with van der Waals surface area (Å²) in [6.45, 7) is 4.52. The number of carbonyl (C=O) groups excluding carboxylic acids is 1. The van der Waals surface area contributed by atoms with E-state index in [2.05, 4.69) is 0 Å². The predicted octanol–water partition coefficient (Wildman–Crippen LogP) is 4.36. The van der Waals surface area contributed by atoms with Gasteiger partial charge in [0.25, 0.3) is 0 Å². The highest BCUT2D eigenvalue weighted by Crippen LogP contribution is 2.24. The number of nitrogens with two attached hydrogens (primary N) is 1. The fourth-order valence-corrected chi connectivity index (χ4v) is 2.67. The van der Waals surface area contributed by atoms with Gasteiger partial charge in [0.1, 0.15) is 5.75 Å². The van der Waals surface area contributed by atoms with Gasteiger partial charge in [-0.1, -0.05) is 24.3 Å². The van der Waals surface area contributed by atoms with Crippen LogP contribution in [0.4, 0.5) is 5.69 Å². The van der Waals surface area contributed by atoms with Gasteiger partial charge in [-0.3, -0.25) is 4.79 Å². The van der Waals surface area contributed by atoms with Crippen molar-refractivity contribution in [2.75, 3.05) is 12.3 Å². The van der Waals surface area contributed by atoms with Crippen molar-refractivity contribution < 1.29 is 9.53 Å². The van der Waals surface area contributed by atoms with Gasteiger partial charge >= 0.3 is 0 Å². The van der Waals surface area contributed by atoms with Crippen LogP contribution in [0.2, 0.25) is 0 Å². The first kappa shape index (κ1) is 15.1. The van der Waals surface area contributed by atoms with E-state index in [-0.39, 0.29) is 5.78 Å². The van der Waals surface area contributed by atoms with Crippen LogP contribution in [0.25, 0.3) is 10.8 Å². The second-order valence-corrected chi connectivity index (χ2v) is 5.58. The molecule has 3 rings (SSSR count). The number of rotatable bonds is 4. The molecule has 3 aromatic rings. The van der Waals surface area contributed by atoms with E-state index in [0.717, 1.165) is 22.1 Å². The molecule has 2 N–H and O–H groups in total. The average Bonchev–Trinajstić information content (AvgIpc) is 2.54. The van der Waals surface area contributed by atoms with Crippen LogP contribution in [0.15, 0.2) is 54.6 Å². The van der Waals surface area contributed by atoms with Gasteiger partial charge in [0.05, 0.1) is 6.61 Å². The van der Waals surface area contributed by atoms with Crippen molar-refractivity contribution in [1.29, 1.82) is 0 Å². The number of ether oxygens (including phenoxy) is 1. The molecule has 3 aromatic carbocycles. The third kappa shape index (κ3) is 3.04. The zero-order chi connectivity index (χ0) is 16.4. The molecule has 0 amide bonds. The molecule has 0 aliphatic heterocycles. The summed E-state index contributed by atoms with van der Waals surface area (Å²) in [5.74, 6) is 0.741. The highest BCUT2D eigenvalue weighted by Gasteiger charge is 2.13. The Hall–Kier alpha value is -2.81. The number of hydrogen-bond acceptors (Lipinski definition) is 3. The molecule has 0 fully saturated rings. The number of benzene rings is 3. The lowest BCUT2D eigenvalue weighted by Crippen LogP contribution is -2.05. The van der Waals surface area contributed by atoms with Crippen molar-refractivity contribution >= 4 is 22.2 Å². The molecule has 0 aliphatic carbocycles. The Morgan fingerprint density at radius 1 is 1.00 bits per heavy atom. The molecule has 116 valence electrons. The number of carbonyl (C=O) groups is 1. The molecular formula is C20H19NO2. The van der Waals surface area contributed by atoms with E-state index in [1.807, 2.05) is 62.4 Å². The highest BCUT2D eigenvalue weighted by atomic mass is 16.5. The maximum atomic E-state index is 12.7. The number of fused-ring (bicyclic) bond motifs is 1. The van der Waals surface area contributed by atoms with E-state index in [1.165, 1.54) is 0 Å². The molecule has 0 aromatic heterocycles. The van der Waals surface area contributed by atoms with Crippen LogP contribution in [0.5, 0.6) is 5.75 Å². The van der Waals surface area contributed by atoms with Gasteiger partial charge in [0, 0.05) is 16.8 Å². The second kappa shape index (κ2) is 6.13. The van der Waals surface area contributed by atoms with Crippen molar-refractivity contribution in [2.24, 2.45) is 0 Å². The van der Waals surface area contributed by atoms with Gasteiger partial charge in [-0.05, 0) is 60.5 Å². The first-order chi connectivity index (χ1) is 11.1. The minimum absolute atomic E-state index is 0.0637. The molecule has 0 unspecified atom stereocenters. The first-order valence-corrected chi connectivity index (χ1v) is 7.66. The normalized spacial score (nSPS) is 10.7. The Balaban J connectivity index is 2.03. The van der Waals surface area contributed by atoms with Crippen LogP contribution < -0.4 is 10.5 Å². The van der Waals surface area contributed by atoms with Crippen molar-refractivity contribution in [1.82, 2.24) is 0 Å². The van der Waals surface area contributed by atoms with Crippen molar-refractivity contribution in [3.63, 3.8) is 0 Å². The molecule has 3 heteroatoms. The number of anilines is 1. The molecule has 0 spiro atoms. The van der Waals surface area contributed by atoms with E-state index < -0.39 is 0 Å². The van der Waals surface area contributed by atoms with E-state index in [0.29, 0.717) is 23.4 Å². The summed E-state index contributed by atoms with van der Waals surface area (Å²) in [7, 11) is 0. The number of aryl methyl sites for hydroxylation is 1. The van der Waals surface area contributed by atoms with Gasteiger partial charge in [-0.15, -0.1) is 0 Å². The largest absolute Gasteiger partial charge is 0.494 e. The lowest BCUT2D eigenvalue weighted by atomic mass is 9.98. The average molecular weight is 305 g/mol. The SMILES string of the molecule is CCOc1ccc2ccc(C(=O)c3ccc(C)cc3N)cc2c1. The molecule has 0 bridgehead atoms. The smallest absolute Gasteiger partial charge is 0.195 e. The van der Waals surface area contributed by atoms with Crippen molar-refractivity contribution in [3.8, 4) is 5.75 Å². The molecule has 0 saturated heterocycles. The Morgan fingerprint density at radius 2 is 1.78 bits per heavy atom. The Labute approximate surface area is 135 Å². The third-order valence-electron chi connectivity index (χ3n) is 3.84. The predicted molar refractivity (Wildman–Crippen MR) is 94.1 cm³/mol. The van der Waals surface area contributed by atoms with E-state index >= 15 is 0 Å². The molecule has 3 nitrogen and oxygen atoms in total. The Bertz CT molecular complexity index is 884. The summed E-state index contributed by atoms with van der Waals surface area (Å²) >= 11 is 0. The minimum atomic E-state index is -0.0637. The van der Waals surface area contributed by atoms with Crippen LogP contribution >= 0.6 is 0 Å². The molecule has 0 saturated carbocycles. The number of nitrogen functional groups attached to an aromatic ring is 1. The quantitative estimate of drug-likeness (QED) is 0.575. The highest BCUT2D eigenvalue weighted by molar-refractivity contribution is 6.13. The Kier molecular flexibility index (Phi) is 4.02. The molecule has 23 heavy (non-hydrogen) atoms. The van der Waals surface area contributed by atoms with Crippen molar-refractivity contribution in [3.05, 3.63) is 71.3 Å². The van der Waals surface area contributed by atoms with Crippen LogP contribution in [0.3, 0.4) is 0 Å². The van der Waals surface area contributed by atoms with Crippen LogP contribution in [0.1, 0.15) is 28.4 Å². The van der Waals surface area contributed by atoms with Crippen LogP contribution in [0, 0.1) is 6.92 Å². The molecular weight excluding hydrogens is 286 g/mol. The fourth-order valence-electron chi connectivity index (χ4n) is 2.67. The van der Waals surface area contributed by atoms with Gasteiger partial charge in [-0.2, -0.15) is 0 Å². The molecule has 0 aliphatic rings.